The van der Waals surface area contributed by atoms with Crippen LogP contribution in [0.1, 0.15) is 23.7 Å². The summed E-state index contributed by atoms with van der Waals surface area (Å²) in [4.78, 5) is 13.9. The van der Waals surface area contributed by atoms with Crippen molar-refractivity contribution in [2.24, 2.45) is 0 Å². The fourth-order valence-corrected chi connectivity index (χ4v) is 1.56. The number of nitrogens with zero attached hydrogens (tertiary/aromatic N) is 2. The minimum atomic E-state index is 0.0289. The van der Waals surface area contributed by atoms with Gasteiger partial charge in [0.2, 0.25) is 0 Å². The maximum atomic E-state index is 12.1. The van der Waals surface area contributed by atoms with E-state index < -0.39 is 0 Å². The molecule has 0 heterocycles. The lowest BCUT2D eigenvalue weighted by Crippen LogP contribution is -2.33. The molecular weight excluding hydrogens is 228 g/mol. The van der Waals surface area contributed by atoms with Gasteiger partial charge in [0.05, 0.1) is 26.1 Å². The average molecular weight is 246 g/mol. The molecule has 0 aromatic heterocycles. The van der Waals surface area contributed by atoms with Crippen LogP contribution in [0.4, 0.5) is 0 Å². The third kappa shape index (κ3) is 3.86. The van der Waals surface area contributed by atoms with Crippen molar-refractivity contribution >= 4 is 5.78 Å². The van der Waals surface area contributed by atoms with E-state index in [4.69, 9.17) is 10.00 Å². The molecule has 0 radical (unpaired) electrons. The van der Waals surface area contributed by atoms with E-state index in [9.17, 15) is 4.79 Å². The summed E-state index contributed by atoms with van der Waals surface area (Å²) < 4.78 is 5.09. The molecule has 1 atom stereocenters. The number of nitriles is 1. The number of methoxy groups -OCH3 is 1. The van der Waals surface area contributed by atoms with E-state index in [0.29, 0.717) is 24.3 Å². The van der Waals surface area contributed by atoms with Crippen LogP contribution in [0.5, 0.6) is 5.75 Å². The molecule has 0 aliphatic heterocycles. The molecule has 0 bridgehead atoms. The number of Topliss-reactive ketones (excluding diaryl/α,β-unsaturated/α-hetero) is 1. The number of hydrogen-bond donors (Lipinski definition) is 0. The second-order valence-corrected chi connectivity index (χ2v) is 4.28. The lowest BCUT2D eigenvalue weighted by molar-refractivity contribution is 0.0925. The third-order valence-corrected chi connectivity index (χ3v) is 2.92. The highest BCUT2D eigenvalue weighted by Gasteiger charge is 2.14. The average Bonchev–Trinajstić information content (AvgIpc) is 2.39. The minimum absolute atomic E-state index is 0.0289. The molecule has 18 heavy (non-hydrogen) atoms. The first kappa shape index (κ1) is 14.2. The Morgan fingerprint density at radius 3 is 2.89 bits per heavy atom. The molecule has 0 saturated carbocycles. The van der Waals surface area contributed by atoms with Gasteiger partial charge in [0, 0.05) is 11.6 Å². The van der Waals surface area contributed by atoms with E-state index in [-0.39, 0.29) is 11.8 Å². The number of benzene rings is 1. The predicted molar refractivity (Wildman–Crippen MR) is 69.6 cm³/mol. The zero-order valence-corrected chi connectivity index (χ0v) is 11.0. The number of carbonyl (C=O) groups is 1. The standard InChI is InChI=1S/C14H18N2O2/c1-11(7-8-15)16(2)10-14(17)12-5-4-6-13(9-12)18-3/h4-6,9,11H,7,10H2,1-3H3. The highest BCUT2D eigenvalue weighted by Crippen LogP contribution is 2.13. The Bertz CT molecular complexity index is 451. The topological polar surface area (TPSA) is 53.3 Å². The molecule has 0 amide bonds. The van der Waals surface area contributed by atoms with E-state index in [2.05, 4.69) is 6.07 Å². The fraction of sp³-hybridized carbons (Fsp3) is 0.429. The molecule has 0 aliphatic rings. The monoisotopic (exact) mass is 246 g/mol. The molecule has 0 N–H and O–H groups in total. The molecule has 0 saturated heterocycles. The molecule has 1 rings (SSSR count). The van der Waals surface area contributed by atoms with Crippen LogP contribution in [-0.2, 0) is 0 Å². The largest absolute Gasteiger partial charge is 0.497 e. The summed E-state index contributed by atoms with van der Waals surface area (Å²) in [5, 5.41) is 8.63. The van der Waals surface area contributed by atoms with Gasteiger partial charge in [-0.15, -0.1) is 0 Å². The van der Waals surface area contributed by atoms with Gasteiger partial charge in [-0.1, -0.05) is 12.1 Å². The second-order valence-electron chi connectivity index (χ2n) is 4.28. The lowest BCUT2D eigenvalue weighted by atomic mass is 10.1. The molecule has 1 unspecified atom stereocenters. The van der Waals surface area contributed by atoms with Gasteiger partial charge in [-0.25, -0.2) is 0 Å². The summed E-state index contributed by atoms with van der Waals surface area (Å²) in [6.07, 6.45) is 0.419. The van der Waals surface area contributed by atoms with Gasteiger partial charge in [0.15, 0.2) is 5.78 Å². The van der Waals surface area contributed by atoms with E-state index in [1.54, 1.807) is 31.4 Å². The Hall–Kier alpha value is -1.86. The van der Waals surface area contributed by atoms with Gasteiger partial charge >= 0.3 is 0 Å². The quantitative estimate of drug-likeness (QED) is 0.721. The maximum Gasteiger partial charge on any atom is 0.176 e. The Morgan fingerprint density at radius 2 is 2.28 bits per heavy atom. The van der Waals surface area contributed by atoms with E-state index in [0.717, 1.165) is 0 Å². The molecule has 0 aliphatic carbocycles. The van der Waals surface area contributed by atoms with Crippen molar-refractivity contribution in [2.75, 3.05) is 20.7 Å². The van der Waals surface area contributed by atoms with E-state index in [1.165, 1.54) is 0 Å². The maximum absolute atomic E-state index is 12.1. The summed E-state index contributed by atoms with van der Waals surface area (Å²) >= 11 is 0. The van der Waals surface area contributed by atoms with Crippen molar-refractivity contribution in [3.63, 3.8) is 0 Å². The Morgan fingerprint density at radius 1 is 1.56 bits per heavy atom. The van der Waals surface area contributed by atoms with Gasteiger partial charge in [0.25, 0.3) is 0 Å². The summed E-state index contributed by atoms with van der Waals surface area (Å²) in [7, 11) is 3.42. The van der Waals surface area contributed by atoms with Crippen LogP contribution < -0.4 is 4.74 Å². The number of ether oxygens (including phenoxy) is 1. The molecule has 4 nitrogen and oxygen atoms in total. The van der Waals surface area contributed by atoms with Crippen molar-refractivity contribution in [1.82, 2.24) is 4.90 Å². The van der Waals surface area contributed by atoms with Gasteiger partial charge in [0.1, 0.15) is 5.75 Å². The molecule has 96 valence electrons. The van der Waals surface area contributed by atoms with Crippen molar-refractivity contribution in [3.8, 4) is 11.8 Å². The number of hydrogen-bond acceptors (Lipinski definition) is 4. The normalized spacial score (nSPS) is 11.9. The van der Waals surface area contributed by atoms with Crippen LogP contribution in [0.2, 0.25) is 0 Å². The molecule has 1 aromatic carbocycles. The summed E-state index contributed by atoms with van der Waals surface area (Å²) in [5.74, 6) is 0.703. The van der Waals surface area contributed by atoms with Gasteiger partial charge in [-0.2, -0.15) is 5.26 Å². The molecule has 1 aromatic rings. The lowest BCUT2D eigenvalue weighted by Gasteiger charge is -2.21. The zero-order chi connectivity index (χ0) is 13.5. The van der Waals surface area contributed by atoms with Gasteiger partial charge in [-0.05, 0) is 26.1 Å². The predicted octanol–water partition coefficient (Wildman–Crippen LogP) is 2.11. The van der Waals surface area contributed by atoms with Gasteiger partial charge in [-0.3, -0.25) is 9.69 Å². The zero-order valence-electron chi connectivity index (χ0n) is 11.0. The number of ketones is 1. The Kier molecular flexibility index (Phi) is 5.34. The molecule has 0 fully saturated rings. The highest BCUT2D eigenvalue weighted by atomic mass is 16.5. The first-order valence-electron chi connectivity index (χ1n) is 5.83. The van der Waals surface area contributed by atoms with E-state index >= 15 is 0 Å². The number of carbonyl (C=O) groups excluding carboxylic acids is 1. The van der Waals surface area contributed by atoms with Crippen LogP contribution in [-0.4, -0.2) is 37.4 Å². The van der Waals surface area contributed by atoms with Crippen molar-refractivity contribution in [3.05, 3.63) is 29.8 Å². The fourth-order valence-electron chi connectivity index (χ4n) is 1.56. The van der Waals surface area contributed by atoms with Crippen LogP contribution in [0.15, 0.2) is 24.3 Å². The minimum Gasteiger partial charge on any atom is -0.497 e. The first-order valence-corrected chi connectivity index (χ1v) is 5.83. The second kappa shape index (κ2) is 6.77. The third-order valence-electron chi connectivity index (χ3n) is 2.92. The molecule has 4 heteroatoms. The Labute approximate surface area is 108 Å². The first-order chi connectivity index (χ1) is 8.58. The number of likely N-dealkylation sites (N-methyl/N-ethyl adjacent to an activating group) is 1. The van der Waals surface area contributed by atoms with E-state index in [1.807, 2.05) is 18.9 Å². The summed E-state index contributed by atoms with van der Waals surface area (Å²) in [6, 6.07) is 9.28. The molecule has 0 spiro atoms. The van der Waals surface area contributed by atoms with Crippen LogP contribution >= 0.6 is 0 Å². The highest BCUT2D eigenvalue weighted by molar-refractivity contribution is 5.97. The van der Waals surface area contributed by atoms with Gasteiger partial charge < -0.3 is 4.74 Å². The SMILES string of the molecule is COc1cccc(C(=O)CN(C)C(C)CC#N)c1. The Balaban J connectivity index is 2.67. The van der Waals surface area contributed by atoms with Crippen molar-refractivity contribution < 1.29 is 9.53 Å². The summed E-state index contributed by atoms with van der Waals surface area (Å²) in [5.41, 5.74) is 0.630. The van der Waals surface area contributed by atoms with Crippen molar-refractivity contribution in [1.29, 1.82) is 5.26 Å². The smallest absolute Gasteiger partial charge is 0.176 e. The summed E-state index contributed by atoms with van der Waals surface area (Å²) in [6.45, 7) is 2.23. The van der Waals surface area contributed by atoms with Crippen LogP contribution in [0.3, 0.4) is 0 Å². The number of rotatable bonds is 6. The van der Waals surface area contributed by atoms with Crippen LogP contribution in [0, 0.1) is 11.3 Å². The van der Waals surface area contributed by atoms with Crippen molar-refractivity contribution in [2.45, 2.75) is 19.4 Å². The molecular formula is C14H18N2O2. The van der Waals surface area contributed by atoms with Crippen LogP contribution in [0.25, 0.3) is 0 Å².